The van der Waals surface area contributed by atoms with Crippen LogP contribution >= 0.6 is 11.6 Å². The molecule has 5 heteroatoms. The van der Waals surface area contributed by atoms with Crippen LogP contribution in [0.2, 0.25) is 5.15 Å². The van der Waals surface area contributed by atoms with Gasteiger partial charge in [0, 0.05) is 18.4 Å². The molecule has 0 aliphatic heterocycles. The van der Waals surface area contributed by atoms with Crippen LogP contribution in [0.25, 0.3) is 22.0 Å². The largest absolute Gasteiger partial charge is 0.441 e. The molecular weight excluding hydrogens is 214 g/mol. The first-order chi connectivity index (χ1) is 7.24. The molecule has 3 rings (SSSR count). The van der Waals surface area contributed by atoms with Gasteiger partial charge in [0.25, 0.3) is 0 Å². The molecule has 0 atom stereocenters. The van der Waals surface area contributed by atoms with Gasteiger partial charge in [0.05, 0.1) is 5.52 Å². The number of aromatic nitrogens is 3. The van der Waals surface area contributed by atoms with Gasteiger partial charge in [0.2, 0.25) is 0 Å². The van der Waals surface area contributed by atoms with Crippen molar-refractivity contribution < 1.29 is 4.42 Å². The van der Waals surface area contributed by atoms with Crippen LogP contribution in [0.4, 0.5) is 0 Å². The Kier molecular flexibility index (Phi) is 1.67. The summed E-state index contributed by atoms with van der Waals surface area (Å²) < 4.78 is 5.40. The summed E-state index contributed by atoms with van der Waals surface area (Å²) in [5.74, 6) is 0.629. The molecule has 3 aromatic rings. The zero-order valence-electron chi connectivity index (χ0n) is 7.86. The molecule has 0 fully saturated rings. The SMILES string of the molecule is Cc1nc2cc3c(Cl)ncnc3cc2o1. The van der Waals surface area contributed by atoms with Crippen molar-refractivity contribution in [2.75, 3.05) is 0 Å². The van der Waals surface area contributed by atoms with Crippen LogP contribution < -0.4 is 0 Å². The monoisotopic (exact) mass is 219 g/mol. The molecule has 0 saturated heterocycles. The van der Waals surface area contributed by atoms with Crippen molar-refractivity contribution in [3.05, 3.63) is 29.5 Å². The molecule has 0 aliphatic rings. The molecule has 0 radical (unpaired) electrons. The second-order valence-corrected chi connectivity index (χ2v) is 3.59. The molecule has 4 nitrogen and oxygen atoms in total. The Morgan fingerprint density at radius 3 is 2.93 bits per heavy atom. The van der Waals surface area contributed by atoms with Crippen molar-refractivity contribution in [2.45, 2.75) is 6.92 Å². The number of nitrogens with zero attached hydrogens (tertiary/aromatic N) is 3. The predicted octanol–water partition coefficient (Wildman–Crippen LogP) is 2.73. The van der Waals surface area contributed by atoms with E-state index in [0.29, 0.717) is 11.0 Å². The molecular formula is C10H6ClN3O. The third kappa shape index (κ3) is 1.26. The summed E-state index contributed by atoms with van der Waals surface area (Å²) in [6, 6.07) is 3.65. The standard InChI is InChI=1S/C10H6ClN3O/c1-5-14-8-2-6-7(3-9(8)15-5)12-4-13-10(6)11/h2-4H,1H3. The van der Waals surface area contributed by atoms with Crippen LogP contribution in [0.3, 0.4) is 0 Å². The highest BCUT2D eigenvalue weighted by Gasteiger charge is 2.07. The van der Waals surface area contributed by atoms with E-state index in [1.165, 1.54) is 6.33 Å². The van der Waals surface area contributed by atoms with Crippen LogP contribution in [0.15, 0.2) is 22.9 Å². The quantitative estimate of drug-likeness (QED) is 0.546. The van der Waals surface area contributed by atoms with E-state index < -0.39 is 0 Å². The van der Waals surface area contributed by atoms with Crippen LogP contribution in [-0.2, 0) is 0 Å². The maximum absolute atomic E-state index is 5.95. The third-order valence-electron chi connectivity index (χ3n) is 2.20. The lowest BCUT2D eigenvalue weighted by molar-refractivity contribution is 0.561. The predicted molar refractivity (Wildman–Crippen MR) is 56.9 cm³/mol. The number of benzene rings is 1. The first-order valence-corrected chi connectivity index (χ1v) is 4.79. The molecule has 2 heterocycles. The van der Waals surface area contributed by atoms with Gasteiger partial charge in [-0.2, -0.15) is 0 Å². The number of fused-ring (bicyclic) bond motifs is 2. The van der Waals surface area contributed by atoms with Gasteiger partial charge >= 0.3 is 0 Å². The summed E-state index contributed by atoms with van der Waals surface area (Å²) in [5, 5.41) is 1.22. The Labute approximate surface area is 89.9 Å². The van der Waals surface area contributed by atoms with E-state index >= 15 is 0 Å². The van der Waals surface area contributed by atoms with Gasteiger partial charge in [-0.05, 0) is 6.07 Å². The molecule has 0 spiro atoms. The van der Waals surface area contributed by atoms with Crippen LogP contribution in [0.1, 0.15) is 5.89 Å². The lowest BCUT2D eigenvalue weighted by atomic mass is 10.2. The minimum absolute atomic E-state index is 0.433. The summed E-state index contributed by atoms with van der Waals surface area (Å²) in [5.41, 5.74) is 2.25. The number of oxazole rings is 1. The van der Waals surface area contributed by atoms with Crippen molar-refractivity contribution in [1.29, 1.82) is 0 Å². The molecule has 0 bridgehead atoms. The summed E-state index contributed by atoms with van der Waals surface area (Å²) in [6.45, 7) is 1.80. The molecule has 74 valence electrons. The number of aryl methyl sites for hydroxylation is 1. The van der Waals surface area contributed by atoms with Crippen LogP contribution in [0, 0.1) is 6.92 Å². The lowest BCUT2D eigenvalue weighted by Gasteiger charge is -1.96. The van der Waals surface area contributed by atoms with E-state index in [2.05, 4.69) is 15.0 Å². The van der Waals surface area contributed by atoms with Crippen molar-refractivity contribution in [3.63, 3.8) is 0 Å². The second kappa shape index (κ2) is 2.90. The molecule has 0 unspecified atom stereocenters. The Hall–Kier alpha value is -1.68. The molecule has 0 N–H and O–H groups in total. The first kappa shape index (κ1) is 8.61. The Morgan fingerprint density at radius 2 is 2.07 bits per heavy atom. The molecule has 1 aromatic carbocycles. The minimum Gasteiger partial charge on any atom is -0.441 e. The minimum atomic E-state index is 0.433. The van der Waals surface area contributed by atoms with E-state index in [9.17, 15) is 0 Å². The fraction of sp³-hybridized carbons (Fsp3) is 0.100. The molecule has 0 saturated carbocycles. The number of hydrogen-bond donors (Lipinski definition) is 0. The summed E-state index contributed by atoms with van der Waals surface area (Å²) in [4.78, 5) is 12.3. The van der Waals surface area contributed by atoms with E-state index in [-0.39, 0.29) is 0 Å². The zero-order valence-corrected chi connectivity index (χ0v) is 8.62. The number of rotatable bonds is 0. The van der Waals surface area contributed by atoms with E-state index in [1.807, 2.05) is 12.1 Å². The number of halogens is 1. The highest BCUT2D eigenvalue weighted by molar-refractivity contribution is 6.34. The van der Waals surface area contributed by atoms with E-state index in [1.54, 1.807) is 6.92 Å². The van der Waals surface area contributed by atoms with Gasteiger partial charge in [-0.3, -0.25) is 0 Å². The van der Waals surface area contributed by atoms with Crippen molar-refractivity contribution in [2.24, 2.45) is 0 Å². The average molecular weight is 220 g/mol. The Morgan fingerprint density at radius 1 is 1.20 bits per heavy atom. The normalized spacial score (nSPS) is 11.3. The van der Waals surface area contributed by atoms with Gasteiger partial charge in [0.1, 0.15) is 17.0 Å². The van der Waals surface area contributed by atoms with Gasteiger partial charge < -0.3 is 4.42 Å². The van der Waals surface area contributed by atoms with Gasteiger partial charge in [-0.1, -0.05) is 11.6 Å². The Bertz CT molecular complexity index is 662. The maximum atomic E-state index is 5.95. The number of hydrogen-bond acceptors (Lipinski definition) is 4. The highest BCUT2D eigenvalue weighted by Crippen LogP contribution is 2.25. The average Bonchev–Trinajstić information content (AvgIpc) is 2.55. The van der Waals surface area contributed by atoms with Gasteiger partial charge in [-0.25, -0.2) is 15.0 Å². The smallest absolute Gasteiger partial charge is 0.192 e. The first-order valence-electron chi connectivity index (χ1n) is 4.41. The topological polar surface area (TPSA) is 51.8 Å². The van der Waals surface area contributed by atoms with Crippen molar-refractivity contribution >= 4 is 33.6 Å². The fourth-order valence-electron chi connectivity index (χ4n) is 1.56. The van der Waals surface area contributed by atoms with E-state index in [0.717, 1.165) is 22.0 Å². The third-order valence-corrected chi connectivity index (χ3v) is 2.50. The van der Waals surface area contributed by atoms with Crippen LogP contribution in [-0.4, -0.2) is 15.0 Å². The highest BCUT2D eigenvalue weighted by atomic mass is 35.5. The maximum Gasteiger partial charge on any atom is 0.192 e. The van der Waals surface area contributed by atoms with Crippen molar-refractivity contribution in [3.8, 4) is 0 Å². The molecule has 15 heavy (non-hydrogen) atoms. The lowest BCUT2D eigenvalue weighted by Crippen LogP contribution is -1.83. The fourth-order valence-corrected chi connectivity index (χ4v) is 1.76. The van der Waals surface area contributed by atoms with Gasteiger partial charge in [0.15, 0.2) is 11.5 Å². The van der Waals surface area contributed by atoms with Gasteiger partial charge in [-0.15, -0.1) is 0 Å². The zero-order chi connectivity index (χ0) is 10.4. The van der Waals surface area contributed by atoms with Crippen molar-refractivity contribution in [1.82, 2.24) is 15.0 Å². The Balaban J connectivity index is 2.52. The molecule has 2 aromatic heterocycles. The summed E-state index contributed by atoms with van der Waals surface area (Å²) >= 11 is 5.95. The molecule has 0 amide bonds. The second-order valence-electron chi connectivity index (χ2n) is 3.23. The molecule has 0 aliphatic carbocycles. The van der Waals surface area contributed by atoms with Crippen LogP contribution in [0.5, 0.6) is 0 Å². The summed E-state index contributed by atoms with van der Waals surface area (Å²) in [6.07, 6.45) is 1.43. The summed E-state index contributed by atoms with van der Waals surface area (Å²) in [7, 11) is 0. The van der Waals surface area contributed by atoms with E-state index in [4.69, 9.17) is 16.0 Å².